The number of rotatable bonds is 1. The van der Waals surface area contributed by atoms with Gasteiger partial charge in [-0.3, -0.25) is 9.69 Å². The molecule has 2 rings (SSSR count). The van der Waals surface area contributed by atoms with Gasteiger partial charge in [-0.25, -0.2) is 4.98 Å². The van der Waals surface area contributed by atoms with E-state index in [1.165, 1.54) is 0 Å². The van der Waals surface area contributed by atoms with Crippen molar-refractivity contribution in [3.8, 4) is 0 Å². The molecule has 1 aliphatic heterocycles. The molecule has 1 aliphatic rings. The summed E-state index contributed by atoms with van der Waals surface area (Å²) < 4.78 is 0. The normalized spacial score (nSPS) is 19.6. The first-order valence-electron chi connectivity index (χ1n) is 5.01. The van der Waals surface area contributed by atoms with Gasteiger partial charge in [-0.1, -0.05) is 19.9 Å². The van der Waals surface area contributed by atoms with Crippen LogP contribution in [0.3, 0.4) is 0 Å². The van der Waals surface area contributed by atoms with Gasteiger partial charge in [0.25, 0.3) is 0 Å². The fraction of sp³-hybridized carbons (Fsp3) is 0.455. The third kappa shape index (κ3) is 1.93. The highest BCUT2D eigenvalue weighted by molar-refractivity contribution is 5.95. The van der Waals surface area contributed by atoms with E-state index in [9.17, 15) is 4.79 Å². The van der Waals surface area contributed by atoms with Gasteiger partial charge in [-0.05, 0) is 17.5 Å². The lowest BCUT2D eigenvalue weighted by Gasteiger charge is -2.18. The number of hydrogen-bond acceptors (Lipinski definition) is 3. The summed E-state index contributed by atoms with van der Waals surface area (Å²) in [6.45, 7) is 4.87. The lowest BCUT2D eigenvalue weighted by atomic mass is 9.93. The Kier molecular flexibility index (Phi) is 2.14. The molecule has 0 atom stereocenters. The molecule has 15 heavy (non-hydrogen) atoms. The molecular weight excluding hydrogens is 190 g/mol. The van der Waals surface area contributed by atoms with E-state index < -0.39 is 0 Å². The van der Waals surface area contributed by atoms with E-state index in [4.69, 9.17) is 5.73 Å². The third-order valence-electron chi connectivity index (χ3n) is 2.55. The maximum absolute atomic E-state index is 11.7. The number of nitrogens with two attached hydrogens (primary N) is 1. The zero-order chi connectivity index (χ0) is 11.1. The fourth-order valence-electron chi connectivity index (χ4n) is 1.88. The van der Waals surface area contributed by atoms with Crippen LogP contribution < -0.4 is 10.6 Å². The number of nitrogens with zero attached hydrogens (tertiary/aromatic N) is 2. The van der Waals surface area contributed by atoms with Crippen LogP contribution in [-0.4, -0.2) is 17.4 Å². The first-order chi connectivity index (χ1) is 6.98. The van der Waals surface area contributed by atoms with Crippen molar-refractivity contribution in [2.24, 2.45) is 5.41 Å². The molecule has 4 nitrogen and oxygen atoms in total. The number of hydrogen-bond donors (Lipinski definition) is 1. The van der Waals surface area contributed by atoms with Gasteiger partial charge in [-0.15, -0.1) is 0 Å². The smallest absolute Gasteiger partial charge is 0.228 e. The lowest BCUT2D eigenvalue weighted by Crippen LogP contribution is -2.26. The van der Waals surface area contributed by atoms with Crippen LogP contribution in [0.5, 0.6) is 0 Å². The zero-order valence-corrected chi connectivity index (χ0v) is 9.03. The Morgan fingerprint density at radius 2 is 2.20 bits per heavy atom. The Labute approximate surface area is 89.1 Å². The average molecular weight is 205 g/mol. The number of amides is 1. The van der Waals surface area contributed by atoms with Crippen LogP contribution in [-0.2, 0) is 4.79 Å². The van der Waals surface area contributed by atoms with Gasteiger partial charge < -0.3 is 5.73 Å². The molecule has 0 aromatic carbocycles. The van der Waals surface area contributed by atoms with Crippen molar-refractivity contribution in [3.05, 3.63) is 18.2 Å². The Morgan fingerprint density at radius 1 is 1.47 bits per heavy atom. The maximum atomic E-state index is 11.7. The molecule has 0 bridgehead atoms. The summed E-state index contributed by atoms with van der Waals surface area (Å²) in [5, 5.41) is 0. The molecule has 1 aromatic rings. The van der Waals surface area contributed by atoms with Crippen LogP contribution in [0.4, 0.5) is 11.6 Å². The molecule has 2 heterocycles. The van der Waals surface area contributed by atoms with E-state index >= 15 is 0 Å². The number of aromatic nitrogens is 1. The summed E-state index contributed by atoms with van der Waals surface area (Å²) in [5.41, 5.74) is 5.62. The van der Waals surface area contributed by atoms with Crippen LogP contribution in [0.25, 0.3) is 0 Å². The second kappa shape index (κ2) is 3.22. The quantitative estimate of drug-likeness (QED) is 0.754. The maximum Gasteiger partial charge on any atom is 0.228 e. The molecule has 0 spiro atoms. The van der Waals surface area contributed by atoms with Gasteiger partial charge >= 0.3 is 0 Å². The van der Waals surface area contributed by atoms with Crippen molar-refractivity contribution >= 4 is 17.5 Å². The van der Waals surface area contributed by atoms with Gasteiger partial charge in [0.15, 0.2) is 0 Å². The molecule has 0 aliphatic carbocycles. The molecule has 1 saturated heterocycles. The van der Waals surface area contributed by atoms with Crippen molar-refractivity contribution in [1.29, 1.82) is 0 Å². The molecule has 0 radical (unpaired) electrons. The minimum Gasteiger partial charge on any atom is -0.384 e. The molecule has 4 heteroatoms. The van der Waals surface area contributed by atoms with Crippen molar-refractivity contribution in [2.75, 3.05) is 17.2 Å². The van der Waals surface area contributed by atoms with Crippen LogP contribution in [0.1, 0.15) is 20.3 Å². The Bertz CT molecular complexity index is 401. The van der Waals surface area contributed by atoms with Crippen molar-refractivity contribution in [1.82, 2.24) is 4.98 Å². The van der Waals surface area contributed by atoms with E-state index in [0.717, 1.165) is 0 Å². The SMILES string of the molecule is CC1(C)CC(=O)N(c2cccc(N)n2)C1. The largest absolute Gasteiger partial charge is 0.384 e. The van der Waals surface area contributed by atoms with Gasteiger partial charge in [-0.2, -0.15) is 0 Å². The standard InChI is InChI=1S/C11H15N3O/c1-11(2)6-10(15)14(7-11)9-5-3-4-8(12)13-9/h3-5H,6-7H2,1-2H3,(H2,12,13). The number of carbonyl (C=O) groups is 1. The highest BCUT2D eigenvalue weighted by Crippen LogP contribution is 2.32. The van der Waals surface area contributed by atoms with Crippen LogP contribution in [0.15, 0.2) is 18.2 Å². The monoisotopic (exact) mass is 205 g/mol. The van der Waals surface area contributed by atoms with E-state index in [1.807, 2.05) is 12.1 Å². The first-order valence-corrected chi connectivity index (χ1v) is 5.01. The fourth-order valence-corrected chi connectivity index (χ4v) is 1.88. The highest BCUT2D eigenvalue weighted by atomic mass is 16.2. The molecular formula is C11H15N3O. The molecule has 1 aromatic heterocycles. The summed E-state index contributed by atoms with van der Waals surface area (Å²) >= 11 is 0. The molecule has 1 fully saturated rings. The molecule has 2 N–H and O–H groups in total. The van der Waals surface area contributed by atoms with Gasteiger partial charge in [0.05, 0.1) is 0 Å². The molecule has 0 unspecified atom stereocenters. The molecule has 80 valence electrons. The Morgan fingerprint density at radius 3 is 2.73 bits per heavy atom. The summed E-state index contributed by atoms with van der Waals surface area (Å²) in [4.78, 5) is 17.6. The average Bonchev–Trinajstić information content (AvgIpc) is 2.40. The van der Waals surface area contributed by atoms with E-state index in [2.05, 4.69) is 18.8 Å². The lowest BCUT2D eigenvalue weighted by molar-refractivity contribution is -0.117. The van der Waals surface area contributed by atoms with Crippen molar-refractivity contribution in [2.45, 2.75) is 20.3 Å². The van der Waals surface area contributed by atoms with Crippen LogP contribution in [0.2, 0.25) is 0 Å². The topological polar surface area (TPSA) is 59.2 Å². The van der Waals surface area contributed by atoms with E-state index in [1.54, 1.807) is 11.0 Å². The van der Waals surface area contributed by atoms with Crippen LogP contribution >= 0.6 is 0 Å². The number of anilines is 2. The summed E-state index contributed by atoms with van der Waals surface area (Å²) in [5.74, 6) is 1.23. The third-order valence-corrected chi connectivity index (χ3v) is 2.55. The van der Waals surface area contributed by atoms with Crippen molar-refractivity contribution < 1.29 is 4.79 Å². The minimum absolute atomic E-state index is 0.0311. The van der Waals surface area contributed by atoms with Gasteiger partial charge in [0, 0.05) is 13.0 Å². The van der Waals surface area contributed by atoms with Gasteiger partial charge in [0.1, 0.15) is 11.6 Å². The molecule has 0 saturated carbocycles. The predicted octanol–water partition coefficient (Wildman–Crippen LogP) is 1.43. The van der Waals surface area contributed by atoms with E-state index in [0.29, 0.717) is 24.6 Å². The second-order valence-electron chi connectivity index (χ2n) is 4.74. The summed E-state index contributed by atoms with van der Waals surface area (Å²) in [7, 11) is 0. The van der Waals surface area contributed by atoms with Crippen LogP contribution in [0, 0.1) is 5.41 Å². The first kappa shape index (κ1) is 9.96. The second-order valence-corrected chi connectivity index (χ2v) is 4.74. The summed E-state index contributed by atoms with van der Waals surface area (Å²) in [6.07, 6.45) is 0.573. The molecule has 1 amide bonds. The Hall–Kier alpha value is -1.58. The highest BCUT2D eigenvalue weighted by Gasteiger charge is 2.36. The zero-order valence-electron chi connectivity index (χ0n) is 9.03. The number of carbonyl (C=O) groups excluding carboxylic acids is 1. The van der Waals surface area contributed by atoms with Gasteiger partial charge in [0.2, 0.25) is 5.91 Å². The van der Waals surface area contributed by atoms with E-state index in [-0.39, 0.29) is 11.3 Å². The predicted molar refractivity (Wildman–Crippen MR) is 59.4 cm³/mol. The Balaban J connectivity index is 2.29. The summed E-state index contributed by atoms with van der Waals surface area (Å²) in [6, 6.07) is 5.35. The minimum atomic E-state index is 0.0311. The van der Waals surface area contributed by atoms with Crippen molar-refractivity contribution in [3.63, 3.8) is 0 Å². The number of nitrogen functional groups attached to an aromatic ring is 1. The number of pyridine rings is 1.